The van der Waals surface area contributed by atoms with Gasteiger partial charge in [0, 0.05) is 24.5 Å². The molecule has 1 aliphatic rings. The Hall–Kier alpha value is -2.02. The zero-order valence-electron chi connectivity index (χ0n) is 11.9. The molecule has 1 aromatic carbocycles. The van der Waals surface area contributed by atoms with Gasteiger partial charge in [-0.2, -0.15) is 0 Å². The predicted molar refractivity (Wildman–Crippen MR) is 75.9 cm³/mol. The Morgan fingerprint density at radius 2 is 2.14 bits per heavy atom. The molecule has 21 heavy (non-hydrogen) atoms. The molecule has 0 amide bonds. The van der Waals surface area contributed by atoms with E-state index in [0.717, 1.165) is 26.1 Å². The van der Waals surface area contributed by atoms with Gasteiger partial charge in [-0.15, -0.1) is 5.10 Å². The monoisotopic (exact) mass is 291 g/mol. The van der Waals surface area contributed by atoms with Gasteiger partial charge < -0.3 is 10.5 Å². The Morgan fingerprint density at radius 1 is 1.38 bits per heavy atom. The third-order valence-electron chi connectivity index (χ3n) is 4.08. The van der Waals surface area contributed by atoms with E-state index in [2.05, 4.69) is 22.4 Å². The van der Waals surface area contributed by atoms with Gasteiger partial charge in [-0.05, 0) is 54.3 Å². The van der Waals surface area contributed by atoms with E-state index in [1.165, 1.54) is 18.2 Å². The number of hydrogen-bond acceptors (Lipinski definition) is 5. The molecule has 1 aromatic heterocycles. The predicted octanol–water partition coefficient (Wildman–Crippen LogP) is 2.05. The molecule has 1 atom stereocenters. The molecule has 3 rings (SSSR count). The minimum Gasteiger partial charge on any atom is -0.398 e. The summed E-state index contributed by atoms with van der Waals surface area (Å²) < 4.78 is 20.6. The van der Waals surface area contributed by atoms with Gasteiger partial charge in [0.2, 0.25) is 0 Å². The van der Waals surface area contributed by atoms with Crippen molar-refractivity contribution < 1.29 is 9.13 Å². The SMILES string of the molecule is CC(C1CCOCC1)n1nnnc1-c1cc(F)ccc1N. The molecule has 2 aromatic rings. The number of anilines is 1. The van der Waals surface area contributed by atoms with E-state index in [9.17, 15) is 4.39 Å². The zero-order chi connectivity index (χ0) is 14.8. The molecule has 112 valence electrons. The third kappa shape index (κ3) is 2.73. The summed E-state index contributed by atoms with van der Waals surface area (Å²) in [5, 5.41) is 11.8. The van der Waals surface area contributed by atoms with Crippen LogP contribution in [0.2, 0.25) is 0 Å². The van der Waals surface area contributed by atoms with Crippen molar-refractivity contribution in [2.45, 2.75) is 25.8 Å². The molecule has 1 fully saturated rings. The lowest BCUT2D eigenvalue weighted by Crippen LogP contribution is -2.25. The van der Waals surface area contributed by atoms with Crippen molar-refractivity contribution in [2.24, 2.45) is 5.92 Å². The maximum atomic E-state index is 13.5. The second-order valence-electron chi connectivity index (χ2n) is 5.37. The number of tetrazole rings is 1. The first-order valence-corrected chi connectivity index (χ1v) is 7.08. The van der Waals surface area contributed by atoms with E-state index in [1.807, 2.05) is 0 Å². The maximum absolute atomic E-state index is 13.5. The summed E-state index contributed by atoms with van der Waals surface area (Å²) in [6.45, 7) is 3.59. The van der Waals surface area contributed by atoms with E-state index < -0.39 is 0 Å². The highest BCUT2D eigenvalue weighted by Crippen LogP contribution is 2.31. The Balaban J connectivity index is 1.94. The van der Waals surface area contributed by atoms with Crippen LogP contribution in [0.25, 0.3) is 11.4 Å². The highest BCUT2D eigenvalue weighted by molar-refractivity contribution is 5.71. The van der Waals surface area contributed by atoms with E-state index in [-0.39, 0.29) is 11.9 Å². The molecule has 0 radical (unpaired) electrons. The maximum Gasteiger partial charge on any atom is 0.184 e. The largest absolute Gasteiger partial charge is 0.398 e. The molecule has 1 unspecified atom stereocenters. The molecule has 0 spiro atoms. The molecule has 7 heteroatoms. The van der Waals surface area contributed by atoms with Crippen LogP contribution < -0.4 is 5.73 Å². The summed E-state index contributed by atoms with van der Waals surface area (Å²) in [6.07, 6.45) is 1.94. The number of nitrogen functional groups attached to an aromatic ring is 1. The number of rotatable bonds is 3. The first-order valence-electron chi connectivity index (χ1n) is 7.08. The smallest absolute Gasteiger partial charge is 0.184 e. The van der Waals surface area contributed by atoms with Crippen LogP contribution in [0.5, 0.6) is 0 Å². The average Bonchev–Trinajstić information content (AvgIpc) is 2.99. The lowest BCUT2D eigenvalue weighted by Gasteiger charge is -2.28. The summed E-state index contributed by atoms with van der Waals surface area (Å²) in [5.41, 5.74) is 6.92. The lowest BCUT2D eigenvalue weighted by molar-refractivity contribution is 0.0495. The van der Waals surface area contributed by atoms with Crippen LogP contribution in [-0.4, -0.2) is 33.4 Å². The molecule has 0 bridgehead atoms. The fraction of sp³-hybridized carbons (Fsp3) is 0.500. The minimum atomic E-state index is -0.354. The number of benzene rings is 1. The van der Waals surface area contributed by atoms with Gasteiger partial charge in [-0.3, -0.25) is 0 Å². The molecular formula is C14H18FN5O. The van der Waals surface area contributed by atoms with Crippen molar-refractivity contribution in [3.05, 3.63) is 24.0 Å². The second-order valence-corrected chi connectivity index (χ2v) is 5.37. The first kappa shape index (κ1) is 13.9. The van der Waals surface area contributed by atoms with E-state index >= 15 is 0 Å². The van der Waals surface area contributed by atoms with Crippen molar-refractivity contribution in [2.75, 3.05) is 18.9 Å². The molecule has 1 aliphatic heterocycles. The molecule has 2 N–H and O–H groups in total. The van der Waals surface area contributed by atoms with Gasteiger partial charge >= 0.3 is 0 Å². The van der Waals surface area contributed by atoms with Gasteiger partial charge in [-0.1, -0.05) is 0 Å². The number of nitrogens with zero attached hydrogens (tertiary/aromatic N) is 4. The molecular weight excluding hydrogens is 273 g/mol. The Bertz CT molecular complexity index is 624. The van der Waals surface area contributed by atoms with Gasteiger partial charge in [-0.25, -0.2) is 9.07 Å². The topological polar surface area (TPSA) is 78.8 Å². The fourth-order valence-corrected chi connectivity index (χ4v) is 2.77. The van der Waals surface area contributed by atoms with Crippen LogP contribution >= 0.6 is 0 Å². The number of aromatic nitrogens is 4. The molecule has 6 nitrogen and oxygen atoms in total. The number of ether oxygens (including phenoxy) is 1. The average molecular weight is 291 g/mol. The normalized spacial score (nSPS) is 17.8. The number of hydrogen-bond donors (Lipinski definition) is 1. The van der Waals surface area contributed by atoms with E-state index in [4.69, 9.17) is 10.5 Å². The van der Waals surface area contributed by atoms with E-state index in [1.54, 1.807) is 4.68 Å². The summed E-state index contributed by atoms with van der Waals surface area (Å²) in [6, 6.07) is 4.34. The molecule has 1 saturated heterocycles. The molecule has 2 heterocycles. The lowest BCUT2D eigenvalue weighted by atomic mass is 9.93. The van der Waals surface area contributed by atoms with Gasteiger partial charge in [0.05, 0.1) is 6.04 Å². The van der Waals surface area contributed by atoms with Gasteiger partial charge in [0.25, 0.3) is 0 Å². The summed E-state index contributed by atoms with van der Waals surface area (Å²) in [7, 11) is 0. The molecule has 0 saturated carbocycles. The van der Waals surface area contributed by atoms with Crippen LogP contribution in [0.15, 0.2) is 18.2 Å². The highest BCUT2D eigenvalue weighted by atomic mass is 19.1. The summed E-state index contributed by atoms with van der Waals surface area (Å²) in [5.74, 6) is 0.592. The van der Waals surface area contributed by atoms with Crippen LogP contribution in [-0.2, 0) is 4.74 Å². The molecule has 0 aliphatic carbocycles. The van der Waals surface area contributed by atoms with Crippen molar-refractivity contribution in [1.82, 2.24) is 20.2 Å². The quantitative estimate of drug-likeness (QED) is 0.876. The standard InChI is InChI=1S/C14H18FN5O/c1-9(10-4-6-21-7-5-10)20-14(17-18-19-20)12-8-11(15)2-3-13(12)16/h2-3,8-10H,4-7,16H2,1H3. The highest BCUT2D eigenvalue weighted by Gasteiger charge is 2.26. The van der Waals surface area contributed by atoms with Crippen LogP contribution in [0.4, 0.5) is 10.1 Å². The number of halogens is 1. The fourth-order valence-electron chi connectivity index (χ4n) is 2.77. The summed E-state index contributed by atoms with van der Waals surface area (Å²) >= 11 is 0. The van der Waals surface area contributed by atoms with Crippen molar-refractivity contribution in [3.63, 3.8) is 0 Å². The van der Waals surface area contributed by atoms with Gasteiger partial charge in [0.15, 0.2) is 5.82 Å². The zero-order valence-corrected chi connectivity index (χ0v) is 11.9. The number of nitrogens with two attached hydrogens (primary N) is 1. The van der Waals surface area contributed by atoms with E-state index in [0.29, 0.717) is 23.0 Å². The van der Waals surface area contributed by atoms with Crippen LogP contribution in [0, 0.1) is 11.7 Å². The third-order valence-corrected chi connectivity index (χ3v) is 4.08. The van der Waals surface area contributed by atoms with Crippen LogP contribution in [0.1, 0.15) is 25.8 Å². The van der Waals surface area contributed by atoms with Crippen LogP contribution in [0.3, 0.4) is 0 Å². The van der Waals surface area contributed by atoms with Crippen molar-refractivity contribution >= 4 is 5.69 Å². The minimum absolute atomic E-state index is 0.113. The van der Waals surface area contributed by atoms with Crippen molar-refractivity contribution in [1.29, 1.82) is 0 Å². The van der Waals surface area contributed by atoms with Gasteiger partial charge in [0.1, 0.15) is 5.82 Å². The Morgan fingerprint density at radius 3 is 2.90 bits per heavy atom. The Labute approximate surface area is 122 Å². The first-order chi connectivity index (χ1) is 10.2. The second kappa shape index (κ2) is 5.77. The Kier molecular flexibility index (Phi) is 3.83. The summed E-state index contributed by atoms with van der Waals surface area (Å²) in [4.78, 5) is 0. The van der Waals surface area contributed by atoms with Crippen molar-refractivity contribution in [3.8, 4) is 11.4 Å².